The van der Waals surface area contributed by atoms with Crippen LogP contribution in [0.3, 0.4) is 0 Å². The lowest BCUT2D eigenvalue weighted by Crippen LogP contribution is -2.30. The number of aromatic nitrogens is 6. The molecule has 1 atom stereocenters. The van der Waals surface area contributed by atoms with Crippen molar-refractivity contribution in [1.82, 2.24) is 35.3 Å². The third kappa shape index (κ3) is 2.84. The van der Waals surface area contributed by atoms with E-state index >= 15 is 0 Å². The molecule has 0 fully saturated rings. The summed E-state index contributed by atoms with van der Waals surface area (Å²) in [5.74, 6) is -0.132. The van der Waals surface area contributed by atoms with Gasteiger partial charge in [0.1, 0.15) is 12.9 Å². The van der Waals surface area contributed by atoms with Crippen LogP contribution in [0.1, 0.15) is 36.8 Å². The second kappa shape index (κ2) is 5.81. The minimum absolute atomic E-state index is 0.0979. The number of hydrogen-bond donors (Lipinski definition) is 1. The second-order valence-corrected chi connectivity index (χ2v) is 4.70. The van der Waals surface area contributed by atoms with Crippen LogP contribution in [0.15, 0.2) is 6.33 Å². The van der Waals surface area contributed by atoms with Crippen molar-refractivity contribution in [2.45, 2.75) is 46.8 Å². The van der Waals surface area contributed by atoms with Crippen molar-refractivity contribution in [3.63, 3.8) is 0 Å². The first-order chi connectivity index (χ1) is 9.52. The van der Waals surface area contributed by atoms with Gasteiger partial charge in [-0.05, 0) is 38.1 Å². The first-order valence-corrected chi connectivity index (χ1v) is 6.57. The first kappa shape index (κ1) is 14.2. The molecule has 0 aromatic carbocycles. The molecular weight excluding hydrogens is 258 g/mol. The highest BCUT2D eigenvalue weighted by Gasteiger charge is 2.18. The molecule has 2 heterocycles. The Morgan fingerprint density at radius 2 is 2.20 bits per heavy atom. The molecule has 20 heavy (non-hydrogen) atoms. The molecule has 2 aromatic heterocycles. The van der Waals surface area contributed by atoms with Gasteiger partial charge >= 0.3 is 0 Å². The third-order valence-corrected chi connectivity index (χ3v) is 3.24. The third-order valence-electron chi connectivity index (χ3n) is 3.24. The zero-order chi connectivity index (χ0) is 14.7. The summed E-state index contributed by atoms with van der Waals surface area (Å²) in [6, 6.07) is -0.0979. The van der Waals surface area contributed by atoms with Gasteiger partial charge in [-0.15, -0.1) is 5.10 Å². The van der Waals surface area contributed by atoms with Gasteiger partial charge in [-0.3, -0.25) is 9.48 Å². The highest BCUT2D eigenvalue weighted by molar-refractivity contribution is 5.76. The molecule has 0 saturated heterocycles. The minimum Gasteiger partial charge on any atom is -0.348 e. The van der Waals surface area contributed by atoms with Crippen molar-refractivity contribution in [1.29, 1.82) is 0 Å². The van der Waals surface area contributed by atoms with Gasteiger partial charge in [0.05, 0.1) is 11.7 Å². The molecule has 0 spiro atoms. The standard InChI is InChI=1S/C12H19N7O/c1-5-19-10(4)12(9(3)15-19)8(2)14-11(20)6-18-7-13-16-17-18/h7-8H,5-6H2,1-4H3,(H,14,20). The molecule has 0 aliphatic carbocycles. The Morgan fingerprint density at radius 3 is 2.75 bits per heavy atom. The summed E-state index contributed by atoms with van der Waals surface area (Å²) in [5.41, 5.74) is 3.09. The number of carbonyl (C=O) groups excluding carboxylic acids is 1. The summed E-state index contributed by atoms with van der Waals surface area (Å²) in [6.45, 7) is 8.90. The smallest absolute Gasteiger partial charge is 0.242 e. The fourth-order valence-corrected chi connectivity index (χ4v) is 2.40. The molecule has 0 aliphatic rings. The lowest BCUT2D eigenvalue weighted by molar-refractivity contribution is -0.122. The van der Waals surface area contributed by atoms with Crippen molar-refractivity contribution in [2.75, 3.05) is 0 Å². The van der Waals surface area contributed by atoms with Gasteiger partial charge in [0, 0.05) is 17.8 Å². The lowest BCUT2D eigenvalue weighted by Gasteiger charge is -2.14. The molecule has 1 amide bonds. The summed E-state index contributed by atoms with van der Waals surface area (Å²) in [6.07, 6.45) is 1.41. The molecule has 0 saturated carbocycles. The van der Waals surface area contributed by atoms with Crippen LogP contribution in [0.4, 0.5) is 0 Å². The van der Waals surface area contributed by atoms with Crippen LogP contribution in [0.2, 0.25) is 0 Å². The summed E-state index contributed by atoms with van der Waals surface area (Å²) < 4.78 is 3.33. The molecule has 0 radical (unpaired) electrons. The van der Waals surface area contributed by atoms with E-state index in [2.05, 4.69) is 25.9 Å². The molecular formula is C12H19N7O. The summed E-state index contributed by atoms with van der Waals surface area (Å²) in [5, 5.41) is 18.1. The number of tetrazole rings is 1. The van der Waals surface area contributed by atoms with Crippen molar-refractivity contribution in [2.24, 2.45) is 0 Å². The molecule has 2 rings (SSSR count). The van der Waals surface area contributed by atoms with Crippen LogP contribution in [0.5, 0.6) is 0 Å². The van der Waals surface area contributed by atoms with Gasteiger partial charge in [-0.2, -0.15) is 5.10 Å². The number of nitrogens with zero attached hydrogens (tertiary/aromatic N) is 6. The Labute approximate surface area is 117 Å². The molecule has 1 N–H and O–H groups in total. The highest BCUT2D eigenvalue weighted by Crippen LogP contribution is 2.21. The van der Waals surface area contributed by atoms with E-state index in [9.17, 15) is 4.79 Å². The maximum Gasteiger partial charge on any atom is 0.242 e. The Bertz CT molecular complexity index is 587. The van der Waals surface area contributed by atoms with E-state index in [-0.39, 0.29) is 18.5 Å². The van der Waals surface area contributed by atoms with Gasteiger partial charge < -0.3 is 5.32 Å². The number of nitrogens with one attached hydrogen (secondary N) is 1. The molecule has 2 aromatic rings. The van der Waals surface area contributed by atoms with Gasteiger partial charge in [-0.1, -0.05) is 0 Å². The first-order valence-electron chi connectivity index (χ1n) is 6.57. The normalized spacial score (nSPS) is 12.4. The van der Waals surface area contributed by atoms with Crippen LogP contribution in [-0.4, -0.2) is 35.9 Å². The minimum atomic E-state index is -0.132. The zero-order valence-electron chi connectivity index (χ0n) is 12.2. The summed E-state index contributed by atoms with van der Waals surface area (Å²) in [4.78, 5) is 11.9. The van der Waals surface area contributed by atoms with E-state index < -0.39 is 0 Å². The average molecular weight is 277 g/mol. The predicted molar refractivity (Wildman–Crippen MR) is 71.7 cm³/mol. The van der Waals surface area contributed by atoms with E-state index in [0.717, 1.165) is 23.5 Å². The second-order valence-electron chi connectivity index (χ2n) is 4.70. The number of aryl methyl sites for hydroxylation is 2. The summed E-state index contributed by atoms with van der Waals surface area (Å²) >= 11 is 0. The van der Waals surface area contributed by atoms with Crippen molar-refractivity contribution < 1.29 is 4.79 Å². The van der Waals surface area contributed by atoms with Crippen LogP contribution in [0, 0.1) is 13.8 Å². The van der Waals surface area contributed by atoms with Crippen LogP contribution >= 0.6 is 0 Å². The van der Waals surface area contributed by atoms with Gasteiger partial charge in [0.25, 0.3) is 0 Å². The maximum atomic E-state index is 11.9. The largest absolute Gasteiger partial charge is 0.348 e. The van der Waals surface area contributed by atoms with Crippen LogP contribution < -0.4 is 5.32 Å². The summed E-state index contributed by atoms with van der Waals surface area (Å²) in [7, 11) is 0. The Morgan fingerprint density at radius 1 is 1.45 bits per heavy atom. The van der Waals surface area contributed by atoms with E-state index in [1.807, 2.05) is 32.4 Å². The molecule has 8 nitrogen and oxygen atoms in total. The van der Waals surface area contributed by atoms with Crippen LogP contribution in [0.25, 0.3) is 0 Å². The molecule has 8 heteroatoms. The van der Waals surface area contributed by atoms with Gasteiger partial charge in [-0.25, -0.2) is 4.68 Å². The van der Waals surface area contributed by atoms with E-state index in [0.29, 0.717) is 0 Å². The zero-order valence-corrected chi connectivity index (χ0v) is 12.2. The fourth-order valence-electron chi connectivity index (χ4n) is 2.40. The lowest BCUT2D eigenvalue weighted by atomic mass is 10.1. The van der Waals surface area contributed by atoms with Gasteiger partial charge in [0.2, 0.25) is 5.91 Å². The number of amides is 1. The number of rotatable bonds is 5. The quantitative estimate of drug-likeness (QED) is 0.853. The molecule has 1 unspecified atom stereocenters. The maximum absolute atomic E-state index is 11.9. The Balaban J connectivity index is 2.06. The van der Waals surface area contributed by atoms with E-state index in [1.54, 1.807) is 0 Å². The average Bonchev–Trinajstić information content (AvgIpc) is 2.97. The van der Waals surface area contributed by atoms with Crippen LogP contribution in [-0.2, 0) is 17.9 Å². The number of carbonyl (C=O) groups is 1. The highest BCUT2D eigenvalue weighted by atomic mass is 16.2. The predicted octanol–water partition coefficient (Wildman–Crippen LogP) is 0.384. The Kier molecular flexibility index (Phi) is 4.11. The van der Waals surface area contributed by atoms with Crippen molar-refractivity contribution in [3.8, 4) is 0 Å². The van der Waals surface area contributed by atoms with Crippen molar-refractivity contribution >= 4 is 5.91 Å². The monoisotopic (exact) mass is 277 g/mol. The van der Waals surface area contributed by atoms with Gasteiger partial charge in [0.15, 0.2) is 0 Å². The number of hydrogen-bond acceptors (Lipinski definition) is 5. The molecule has 108 valence electrons. The topological polar surface area (TPSA) is 90.5 Å². The van der Waals surface area contributed by atoms with E-state index in [1.165, 1.54) is 11.0 Å². The SMILES string of the molecule is CCn1nc(C)c(C(C)NC(=O)Cn2cnnn2)c1C. The Hall–Kier alpha value is -2.25. The fraction of sp³-hybridized carbons (Fsp3) is 0.583. The molecule has 0 bridgehead atoms. The van der Waals surface area contributed by atoms with Crippen molar-refractivity contribution in [3.05, 3.63) is 23.3 Å². The van der Waals surface area contributed by atoms with E-state index in [4.69, 9.17) is 0 Å². The molecule has 0 aliphatic heterocycles.